The predicted octanol–water partition coefficient (Wildman–Crippen LogP) is 3.11. The molecule has 0 aliphatic carbocycles. The lowest BCUT2D eigenvalue weighted by atomic mass is 10.2. The van der Waals surface area contributed by atoms with Gasteiger partial charge in [-0.15, -0.1) is 0 Å². The van der Waals surface area contributed by atoms with Crippen LogP contribution in [-0.2, 0) is 16.6 Å². The van der Waals surface area contributed by atoms with E-state index in [0.29, 0.717) is 36.1 Å². The van der Waals surface area contributed by atoms with E-state index in [4.69, 9.17) is 14.0 Å². The Bertz CT molecular complexity index is 1060. The van der Waals surface area contributed by atoms with E-state index in [9.17, 15) is 8.42 Å². The number of rotatable bonds is 7. The van der Waals surface area contributed by atoms with Crippen LogP contribution < -0.4 is 9.47 Å². The molecule has 8 nitrogen and oxygen atoms in total. The van der Waals surface area contributed by atoms with Crippen molar-refractivity contribution in [3.63, 3.8) is 0 Å². The van der Waals surface area contributed by atoms with E-state index in [-0.39, 0.29) is 11.5 Å². The van der Waals surface area contributed by atoms with Crippen LogP contribution in [0, 0.1) is 0 Å². The standard InChI is InChI=1S/C20H21N3O5S/c1-26-16-6-8-17(9-7-16)27-14-19-21-20(22-28-19)15-4-10-18(11-5-15)29(24,25)23-12-2-3-13-23/h4-11H,2-3,12-14H2,1H3. The largest absolute Gasteiger partial charge is 0.497 e. The van der Waals surface area contributed by atoms with Gasteiger partial charge in [-0.05, 0) is 61.4 Å². The second-order valence-electron chi connectivity index (χ2n) is 6.61. The Morgan fingerprint density at radius 2 is 1.66 bits per heavy atom. The SMILES string of the molecule is COc1ccc(OCc2nc(-c3ccc(S(=O)(=O)N4CCCC4)cc3)no2)cc1. The van der Waals surface area contributed by atoms with Crippen molar-refractivity contribution in [3.8, 4) is 22.9 Å². The van der Waals surface area contributed by atoms with Crippen LogP contribution in [-0.4, -0.2) is 43.1 Å². The molecule has 0 unspecified atom stereocenters. The van der Waals surface area contributed by atoms with Crippen molar-refractivity contribution >= 4 is 10.0 Å². The molecule has 0 atom stereocenters. The van der Waals surface area contributed by atoms with Gasteiger partial charge in [0, 0.05) is 18.7 Å². The number of methoxy groups -OCH3 is 1. The van der Waals surface area contributed by atoms with Gasteiger partial charge in [0.15, 0.2) is 6.61 Å². The maximum absolute atomic E-state index is 12.6. The lowest BCUT2D eigenvalue weighted by Crippen LogP contribution is -2.27. The van der Waals surface area contributed by atoms with Gasteiger partial charge in [0.1, 0.15) is 11.5 Å². The highest BCUT2D eigenvalue weighted by atomic mass is 32.2. The van der Waals surface area contributed by atoms with Crippen molar-refractivity contribution in [2.24, 2.45) is 0 Å². The Hall–Kier alpha value is -2.91. The van der Waals surface area contributed by atoms with E-state index in [2.05, 4.69) is 10.1 Å². The van der Waals surface area contributed by atoms with Crippen molar-refractivity contribution < 1.29 is 22.4 Å². The highest BCUT2D eigenvalue weighted by Gasteiger charge is 2.27. The molecule has 9 heteroatoms. The van der Waals surface area contributed by atoms with Crippen molar-refractivity contribution in [2.45, 2.75) is 24.3 Å². The summed E-state index contributed by atoms with van der Waals surface area (Å²) in [4.78, 5) is 4.58. The van der Waals surface area contributed by atoms with Crippen LogP contribution >= 0.6 is 0 Å². The highest BCUT2D eigenvalue weighted by molar-refractivity contribution is 7.89. The summed E-state index contributed by atoms with van der Waals surface area (Å²) in [5.74, 6) is 2.10. The van der Waals surface area contributed by atoms with Crippen LogP contribution in [0.25, 0.3) is 11.4 Å². The Morgan fingerprint density at radius 1 is 1.00 bits per heavy atom. The lowest BCUT2D eigenvalue weighted by Gasteiger charge is -2.15. The molecule has 1 aliphatic rings. The zero-order valence-electron chi connectivity index (χ0n) is 15.9. The molecular weight excluding hydrogens is 394 g/mol. The zero-order valence-corrected chi connectivity index (χ0v) is 16.8. The number of sulfonamides is 1. The molecule has 0 saturated carbocycles. The minimum absolute atomic E-state index is 0.126. The zero-order chi connectivity index (χ0) is 20.3. The average Bonchev–Trinajstić information content (AvgIpc) is 3.45. The Labute approximate surface area is 169 Å². The lowest BCUT2D eigenvalue weighted by molar-refractivity contribution is 0.242. The van der Waals surface area contributed by atoms with E-state index in [0.717, 1.165) is 18.6 Å². The van der Waals surface area contributed by atoms with E-state index >= 15 is 0 Å². The maximum Gasteiger partial charge on any atom is 0.264 e. The average molecular weight is 415 g/mol. The molecule has 3 aromatic rings. The van der Waals surface area contributed by atoms with Gasteiger partial charge in [0.25, 0.3) is 5.89 Å². The Balaban J connectivity index is 1.42. The Morgan fingerprint density at radius 3 is 2.31 bits per heavy atom. The van der Waals surface area contributed by atoms with Gasteiger partial charge in [0.2, 0.25) is 15.8 Å². The third-order valence-corrected chi connectivity index (χ3v) is 6.62. The predicted molar refractivity (Wildman–Crippen MR) is 105 cm³/mol. The summed E-state index contributed by atoms with van der Waals surface area (Å²) in [6, 6.07) is 13.7. The fourth-order valence-corrected chi connectivity index (χ4v) is 4.62. The number of ether oxygens (including phenoxy) is 2. The molecule has 1 fully saturated rings. The van der Waals surface area contributed by atoms with Crippen molar-refractivity contribution in [2.75, 3.05) is 20.2 Å². The van der Waals surface area contributed by atoms with E-state index in [1.807, 2.05) is 0 Å². The van der Waals surface area contributed by atoms with Gasteiger partial charge in [-0.3, -0.25) is 0 Å². The second-order valence-corrected chi connectivity index (χ2v) is 8.55. The van der Waals surface area contributed by atoms with Gasteiger partial charge in [-0.25, -0.2) is 8.42 Å². The minimum Gasteiger partial charge on any atom is -0.497 e. The van der Waals surface area contributed by atoms with Crippen LogP contribution in [0.2, 0.25) is 0 Å². The van der Waals surface area contributed by atoms with E-state index in [1.165, 1.54) is 4.31 Å². The van der Waals surface area contributed by atoms with Crippen LogP contribution in [0.1, 0.15) is 18.7 Å². The molecule has 1 aromatic heterocycles. The molecule has 0 radical (unpaired) electrons. The first-order valence-electron chi connectivity index (χ1n) is 9.26. The first kappa shape index (κ1) is 19.4. The minimum atomic E-state index is -3.44. The normalized spacial score (nSPS) is 14.8. The van der Waals surface area contributed by atoms with Gasteiger partial charge < -0.3 is 14.0 Å². The summed E-state index contributed by atoms with van der Waals surface area (Å²) in [7, 11) is -1.84. The summed E-state index contributed by atoms with van der Waals surface area (Å²) >= 11 is 0. The summed E-state index contributed by atoms with van der Waals surface area (Å²) in [6.07, 6.45) is 1.81. The number of hydrogen-bond donors (Lipinski definition) is 0. The molecule has 4 rings (SSSR count). The summed E-state index contributed by atoms with van der Waals surface area (Å²) in [6.45, 7) is 1.28. The fraction of sp³-hybridized carbons (Fsp3) is 0.300. The van der Waals surface area contributed by atoms with Crippen molar-refractivity contribution in [3.05, 3.63) is 54.4 Å². The Kier molecular flexibility index (Phi) is 5.50. The molecule has 0 spiro atoms. The molecule has 2 heterocycles. The third kappa shape index (κ3) is 4.25. The molecule has 0 N–H and O–H groups in total. The van der Waals surface area contributed by atoms with Crippen LogP contribution in [0.3, 0.4) is 0 Å². The quantitative estimate of drug-likeness (QED) is 0.585. The molecule has 152 valence electrons. The number of aromatic nitrogens is 2. The number of benzene rings is 2. The van der Waals surface area contributed by atoms with Crippen molar-refractivity contribution in [1.82, 2.24) is 14.4 Å². The van der Waals surface area contributed by atoms with Gasteiger partial charge in [-0.2, -0.15) is 9.29 Å². The first-order valence-corrected chi connectivity index (χ1v) is 10.7. The van der Waals surface area contributed by atoms with Crippen molar-refractivity contribution in [1.29, 1.82) is 0 Å². The molecular formula is C20H21N3O5S. The van der Waals surface area contributed by atoms with Crippen LogP contribution in [0.15, 0.2) is 57.9 Å². The number of hydrogen-bond acceptors (Lipinski definition) is 7. The molecule has 0 amide bonds. The summed E-state index contributed by atoms with van der Waals surface area (Å²) < 4.78 is 42.7. The molecule has 29 heavy (non-hydrogen) atoms. The fourth-order valence-electron chi connectivity index (χ4n) is 3.10. The first-order chi connectivity index (χ1) is 14.1. The number of nitrogens with zero attached hydrogens (tertiary/aromatic N) is 3. The molecule has 0 bridgehead atoms. The summed E-state index contributed by atoms with van der Waals surface area (Å²) in [5, 5.41) is 3.95. The molecule has 1 saturated heterocycles. The molecule has 2 aromatic carbocycles. The smallest absolute Gasteiger partial charge is 0.264 e. The van der Waals surface area contributed by atoms with Crippen LogP contribution in [0.5, 0.6) is 11.5 Å². The monoisotopic (exact) mass is 415 g/mol. The topological polar surface area (TPSA) is 94.8 Å². The summed E-state index contributed by atoms with van der Waals surface area (Å²) in [5.41, 5.74) is 0.671. The maximum atomic E-state index is 12.6. The van der Waals surface area contributed by atoms with Gasteiger partial charge in [0.05, 0.1) is 12.0 Å². The van der Waals surface area contributed by atoms with E-state index < -0.39 is 10.0 Å². The van der Waals surface area contributed by atoms with Gasteiger partial charge >= 0.3 is 0 Å². The second kappa shape index (κ2) is 8.22. The third-order valence-electron chi connectivity index (χ3n) is 4.71. The van der Waals surface area contributed by atoms with E-state index in [1.54, 1.807) is 55.6 Å². The molecule has 1 aliphatic heterocycles. The highest BCUT2D eigenvalue weighted by Crippen LogP contribution is 2.24. The van der Waals surface area contributed by atoms with Crippen LogP contribution in [0.4, 0.5) is 0 Å². The van der Waals surface area contributed by atoms with Gasteiger partial charge in [-0.1, -0.05) is 5.16 Å².